The molecule has 0 aromatic heterocycles. The summed E-state index contributed by atoms with van der Waals surface area (Å²) in [6.07, 6.45) is 0. The molecule has 114 valence electrons. The van der Waals surface area contributed by atoms with Crippen molar-refractivity contribution in [2.45, 2.75) is 27.7 Å². The number of hydrogen-bond acceptors (Lipinski definition) is 6. The maximum absolute atomic E-state index is 11.7. The molecule has 8 heteroatoms. The van der Waals surface area contributed by atoms with Crippen LogP contribution in [0.5, 0.6) is 0 Å². The summed E-state index contributed by atoms with van der Waals surface area (Å²) in [7, 11) is 0. The van der Waals surface area contributed by atoms with Crippen molar-refractivity contribution in [3.05, 3.63) is 11.5 Å². The van der Waals surface area contributed by atoms with Crippen LogP contribution in [0.1, 0.15) is 27.7 Å². The van der Waals surface area contributed by atoms with E-state index in [-0.39, 0.29) is 25.0 Å². The molecule has 0 aliphatic carbocycles. The number of rotatable bonds is 7. The van der Waals surface area contributed by atoms with E-state index >= 15 is 0 Å². The van der Waals surface area contributed by atoms with Crippen LogP contribution in [0.3, 0.4) is 0 Å². The minimum atomic E-state index is -0.890. The zero-order valence-corrected chi connectivity index (χ0v) is 12.1. The molecule has 0 saturated heterocycles. The molecular formula is C12H21N3O5. The number of amidine groups is 1. The van der Waals surface area contributed by atoms with Gasteiger partial charge in [-0.1, -0.05) is 13.8 Å². The van der Waals surface area contributed by atoms with Gasteiger partial charge >= 0.3 is 5.97 Å². The van der Waals surface area contributed by atoms with E-state index in [0.29, 0.717) is 0 Å². The Morgan fingerprint density at radius 3 is 2.25 bits per heavy atom. The van der Waals surface area contributed by atoms with Crippen LogP contribution in [-0.4, -0.2) is 36.0 Å². The summed E-state index contributed by atoms with van der Waals surface area (Å²) in [5, 5.41) is 13.2. The normalized spacial score (nSPS) is 12.8. The molecule has 0 rings (SSSR count). The molecular weight excluding hydrogens is 266 g/mol. The molecule has 0 aromatic rings. The number of ether oxygens (including phenoxy) is 2. The number of nitrogens with two attached hydrogens (primary N) is 1. The number of amides is 1. The first kappa shape index (κ1) is 17.8. The molecule has 0 bridgehead atoms. The van der Waals surface area contributed by atoms with Crippen molar-refractivity contribution in [2.75, 3.05) is 13.2 Å². The van der Waals surface area contributed by atoms with Crippen LogP contribution in [-0.2, 0) is 19.1 Å². The summed E-state index contributed by atoms with van der Waals surface area (Å²) in [4.78, 5) is 23.0. The first-order valence-corrected chi connectivity index (χ1v) is 6.21. The molecule has 20 heavy (non-hydrogen) atoms. The number of aliphatic hydroxyl groups is 1. The van der Waals surface area contributed by atoms with E-state index in [0.717, 1.165) is 0 Å². The number of nitrogens with one attached hydrogen (secondary N) is 1. The topological polar surface area (TPSA) is 123 Å². The van der Waals surface area contributed by atoms with Crippen molar-refractivity contribution in [3.63, 3.8) is 0 Å². The summed E-state index contributed by atoms with van der Waals surface area (Å²) >= 11 is 0. The molecule has 0 spiro atoms. The predicted molar refractivity (Wildman–Crippen MR) is 72.5 cm³/mol. The third kappa shape index (κ3) is 5.59. The standard InChI is InChI=1S/C12H21N3O5/c1-5-19-11(17)8(12(18)20-6-2)9(13)14-15-10(16)7(3)4/h7,17H,5-6H2,1-4H3,(H2,13,14)(H,15,16). The molecule has 0 aliphatic rings. The van der Waals surface area contributed by atoms with Crippen LogP contribution in [0.4, 0.5) is 0 Å². The van der Waals surface area contributed by atoms with Crippen LogP contribution in [0.2, 0.25) is 0 Å². The highest BCUT2D eigenvalue weighted by Crippen LogP contribution is 2.06. The first-order valence-electron chi connectivity index (χ1n) is 6.21. The molecule has 0 radical (unpaired) electrons. The smallest absolute Gasteiger partial charge is 0.349 e. The molecule has 0 aromatic carbocycles. The molecule has 1 amide bonds. The molecule has 0 unspecified atom stereocenters. The lowest BCUT2D eigenvalue weighted by molar-refractivity contribution is -0.138. The quantitative estimate of drug-likeness (QED) is 0.155. The largest absolute Gasteiger partial charge is 0.480 e. The zero-order valence-electron chi connectivity index (χ0n) is 12.1. The van der Waals surface area contributed by atoms with Crippen LogP contribution < -0.4 is 11.2 Å². The number of aliphatic hydroxyl groups excluding tert-OH is 1. The molecule has 4 N–H and O–H groups in total. The van der Waals surface area contributed by atoms with Gasteiger partial charge in [-0.15, -0.1) is 0 Å². The van der Waals surface area contributed by atoms with E-state index in [2.05, 4.69) is 10.5 Å². The van der Waals surface area contributed by atoms with Gasteiger partial charge in [0.1, 0.15) is 0 Å². The van der Waals surface area contributed by atoms with Gasteiger partial charge in [-0.05, 0) is 13.8 Å². The SMILES string of the molecule is CCOC(=O)C(C(N)=NNC(=O)C(C)C)=C(O)OCC. The molecule has 0 heterocycles. The monoisotopic (exact) mass is 287 g/mol. The fraction of sp³-hybridized carbons (Fsp3) is 0.583. The van der Waals surface area contributed by atoms with Gasteiger partial charge < -0.3 is 20.3 Å². The number of hydrogen-bond donors (Lipinski definition) is 3. The van der Waals surface area contributed by atoms with Crippen molar-refractivity contribution >= 4 is 17.7 Å². The van der Waals surface area contributed by atoms with Gasteiger partial charge in [0.05, 0.1) is 13.2 Å². The number of hydrazone groups is 1. The van der Waals surface area contributed by atoms with Gasteiger partial charge in [0, 0.05) is 5.92 Å². The third-order valence-corrected chi connectivity index (χ3v) is 2.04. The number of nitrogens with zero attached hydrogens (tertiary/aromatic N) is 1. The van der Waals surface area contributed by atoms with Gasteiger partial charge in [-0.25, -0.2) is 10.2 Å². The Balaban J connectivity index is 5.22. The average Bonchev–Trinajstić information content (AvgIpc) is 2.36. The Labute approximate surface area is 117 Å². The van der Waals surface area contributed by atoms with Crippen molar-refractivity contribution in [1.82, 2.24) is 5.43 Å². The lowest BCUT2D eigenvalue weighted by atomic mass is 10.2. The molecule has 0 fully saturated rings. The minimum absolute atomic E-state index is 0.0906. The van der Waals surface area contributed by atoms with Gasteiger partial charge in [-0.3, -0.25) is 4.79 Å². The fourth-order valence-corrected chi connectivity index (χ4v) is 1.01. The Bertz CT molecular complexity index is 415. The number of esters is 1. The summed E-state index contributed by atoms with van der Waals surface area (Å²) < 4.78 is 9.54. The first-order chi connectivity index (χ1) is 9.34. The minimum Gasteiger partial charge on any atom is -0.480 e. The number of carbonyl (C=O) groups excluding carboxylic acids is 2. The summed E-state index contributed by atoms with van der Waals surface area (Å²) in [5.74, 6) is -2.68. The Morgan fingerprint density at radius 2 is 1.80 bits per heavy atom. The van der Waals surface area contributed by atoms with E-state index in [1.807, 2.05) is 0 Å². The van der Waals surface area contributed by atoms with Gasteiger partial charge in [0.15, 0.2) is 11.4 Å². The second-order valence-electron chi connectivity index (χ2n) is 3.96. The van der Waals surface area contributed by atoms with E-state index in [9.17, 15) is 14.7 Å². The van der Waals surface area contributed by atoms with Gasteiger partial charge in [0.2, 0.25) is 5.91 Å². The molecule has 8 nitrogen and oxygen atoms in total. The van der Waals surface area contributed by atoms with E-state index in [4.69, 9.17) is 15.2 Å². The molecule has 0 saturated carbocycles. The Morgan fingerprint density at radius 1 is 1.25 bits per heavy atom. The van der Waals surface area contributed by atoms with Crippen LogP contribution in [0, 0.1) is 5.92 Å². The second kappa shape index (κ2) is 8.78. The van der Waals surface area contributed by atoms with Crippen LogP contribution in [0.25, 0.3) is 0 Å². The lowest BCUT2D eigenvalue weighted by Crippen LogP contribution is -2.31. The predicted octanol–water partition coefficient (Wildman–Crippen LogP) is 0.400. The Hall–Kier alpha value is -2.25. The Kier molecular flexibility index (Phi) is 7.80. The fourth-order valence-electron chi connectivity index (χ4n) is 1.01. The zero-order chi connectivity index (χ0) is 15.7. The van der Waals surface area contributed by atoms with Crippen molar-refractivity contribution in [3.8, 4) is 0 Å². The van der Waals surface area contributed by atoms with Gasteiger partial charge in [-0.2, -0.15) is 5.10 Å². The van der Waals surface area contributed by atoms with Crippen molar-refractivity contribution in [2.24, 2.45) is 16.8 Å². The van der Waals surface area contributed by atoms with Crippen LogP contribution in [0.15, 0.2) is 16.6 Å². The molecule has 0 atom stereocenters. The van der Waals surface area contributed by atoms with Crippen molar-refractivity contribution < 1.29 is 24.2 Å². The second-order valence-corrected chi connectivity index (χ2v) is 3.96. The average molecular weight is 287 g/mol. The van der Waals surface area contributed by atoms with E-state index in [1.54, 1.807) is 27.7 Å². The summed E-state index contributed by atoms with van der Waals surface area (Å²) in [6, 6.07) is 0. The summed E-state index contributed by atoms with van der Waals surface area (Å²) in [5.41, 5.74) is 7.30. The number of carbonyl (C=O) groups is 2. The van der Waals surface area contributed by atoms with E-state index in [1.165, 1.54) is 0 Å². The highest BCUT2D eigenvalue weighted by molar-refractivity contribution is 6.18. The molecule has 0 aliphatic heterocycles. The van der Waals surface area contributed by atoms with Gasteiger partial charge in [0.25, 0.3) is 5.95 Å². The maximum Gasteiger partial charge on any atom is 0.349 e. The third-order valence-electron chi connectivity index (χ3n) is 2.04. The van der Waals surface area contributed by atoms with Crippen molar-refractivity contribution in [1.29, 1.82) is 0 Å². The highest BCUT2D eigenvalue weighted by atomic mass is 16.6. The van der Waals surface area contributed by atoms with E-state index < -0.39 is 23.3 Å². The summed E-state index contributed by atoms with van der Waals surface area (Å²) in [6.45, 7) is 6.77. The maximum atomic E-state index is 11.7. The van der Waals surface area contributed by atoms with Crippen LogP contribution >= 0.6 is 0 Å². The highest BCUT2D eigenvalue weighted by Gasteiger charge is 2.23. The lowest BCUT2D eigenvalue weighted by Gasteiger charge is -2.10.